The molecule has 1 unspecified atom stereocenters. The van der Waals surface area contributed by atoms with E-state index in [2.05, 4.69) is 31.8 Å². The summed E-state index contributed by atoms with van der Waals surface area (Å²) >= 11 is 0. The first-order chi connectivity index (χ1) is 7.49. The van der Waals surface area contributed by atoms with Crippen molar-refractivity contribution in [2.24, 2.45) is 5.73 Å². The van der Waals surface area contributed by atoms with Crippen LogP contribution in [0.4, 0.5) is 0 Å². The molecule has 1 aliphatic heterocycles. The van der Waals surface area contributed by atoms with Gasteiger partial charge in [-0.3, -0.25) is 0 Å². The zero-order valence-corrected chi connectivity index (χ0v) is 10.0. The standard InChI is InChI=1S/C14H17NO/c1-10(15)4-5-11-6-7-13-12(8-11)14(2,3)9-16-13/h6-8,10H,9,15H2,1-3H3. The van der Waals surface area contributed by atoms with E-state index >= 15 is 0 Å². The van der Waals surface area contributed by atoms with E-state index in [-0.39, 0.29) is 11.5 Å². The number of hydrogen-bond acceptors (Lipinski definition) is 2. The maximum Gasteiger partial charge on any atom is 0.123 e. The van der Waals surface area contributed by atoms with Gasteiger partial charge in [-0.2, -0.15) is 0 Å². The van der Waals surface area contributed by atoms with Gasteiger partial charge in [0.15, 0.2) is 0 Å². The molecule has 0 spiro atoms. The quantitative estimate of drug-likeness (QED) is 0.672. The summed E-state index contributed by atoms with van der Waals surface area (Å²) in [6.45, 7) is 6.99. The molecule has 0 aliphatic carbocycles. The molecule has 2 N–H and O–H groups in total. The summed E-state index contributed by atoms with van der Waals surface area (Å²) in [4.78, 5) is 0. The van der Waals surface area contributed by atoms with Gasteiger partial charge in [-0.1, -0.05) is 25.7 Å². The van der Waals surface area contributed by atoms with E-state index in [0.717, 1.165) is 17.9 Å². The molecule has 1 atom stereocenters. The van der Waals surface area contributed by atoms with Gasteiger partial charge in [0.1, 0.15) is 5.75 Å². The van der Waals surface area contributed by atoms with Gasteiger partial charge in [0.05, 0.1) is 12.6 Å². The first-order valence-corrected chi connectivity index (χ1v) is 5.53. The minimum atomic E-state index is -0.0856. The van der Waals surface area contributed by atoms with E-state index in [9.17, 15) is 0 Å². The molecule has 0 aromatic heterocycles. The van der Waals surface area contributed by atoms with Crippen molar-refractivity contribution in [1.29, 1.82) is 0 Å². The van der Waals surface area contributed by atoms with Crippen LogP contribution in [0.15, 0.2) is 18.2 Å². The molecule has 0 radical (unpaired) electrons. The topological polar surface area (TPSA) is 35.2 Å². The Morgan fingerprint density at radius 2 is 2.19 bits per heavy atom. The first kappa shape index (κ1) is 11.0. The Morgan fingerprint density at radius 1 is 1.44 bits per heavy atom. The Labute approximate surface area is 96.8 Å². The van der Waals surface area contributed by atoms with Gasteiger partial charge in [-0.15, -0.1) is 0 Å². The third-order valence-corrected chi connectivity index (χ3v) is 2.74. The second-order valence-corrected chi connectivity index (χ2v) is 4.94. The van der Waals surface area contributed by atoms with E-state index in [1.807, 2.05) is 19.1 Å². The molecule has 2 heteroatoms. The van der Waals surface area contributed by atoms with Crippen LogP contribution in [-0.2, 0) is 5.41 Å². The molecular weight excluding hydrogens is 198 g/mol. The lowest BCUT2D eigenvalue weighted by atomic mass is 9.86. The van der Waals surface area contributed by atoms with Crippen molar-refractivity contribution >= 4 is 0 Å². The van der Waals surface area contributed by atoms with Gasteiger partial charge < -0.3 is 10.5 Å². The van der Waals surface area contributed by atoms with Crippen molar-refractivity contribution in [2.75, 3.05) is 6.61 Å². The highest BCUT2D eigenvalue weighted by Gasteiger charge is 2.31. The average Bonchev–Trinajstić information content (AvgIpc) is 2.52. The molecular formula is C14H17NO. The molecule has 1 aromatic rings. The smallest absolute Gasteiger partial charge is 0.123 e. The van der Waals surface area contributed by atoms with Crippen LogP contribution < -0.4 is 10.5 Å². The second-order valence-electron chi connectivity index (χ2n) is 4.94. The highest BCUT2D eigenvalue weighted by atomic mass is 16.5. The summed E-state index contributed by atoms with van der Waals surface area (Å²) in [6, 6.07) is 6.00. The van der Waals surface area contributed by atoms with Crippen LogP contribution in [-0.4, -0.2) is 12.6 Å². The Balaban J connectivity index is 2.37. The summed E-state index contributed by atoms with van der Waals surface area (Å²) in [5.74, 6) is 7.03. The Hall–Kier alpha value is -1.46. The van der Waals surface area contributed by atoms with Crippen LogP contribution in [0.1, 0.15) is 31.9 Å². The van der Waals surface area contributed by atoms with E-state index in [4.69, 9.17) is 10.5 Å². The SMILES string of the molecule is CC(N)C#Cc1ccc2c(c1)C(C)(C)CO2. The number of nitrogens with two attached hydrogens (primary N) is 1. The van der Waals surface area contributed by atoms with Crippen LogP contribution in [0.3, 0.4) is 0 Å². The normalized spacial score (nSPS) is 18.0. The zero-order valence-electron chi connectivity index (χ0n) is 10.0. The lowest BCUT2D eigenvalue weighted by Gasteiger charge is -2.14. The monoisotopic (exact) mass is 215 g/mol. The van der Waals surface area contributed by atoms with Crippen molar-refractivity contribution in [1.82, 2.24) is 0 Å². The fourth-order valence-corrected chi connectivity index (χ4v) is 1.80. The van der Waals surface area contributed by atoms with Crippen molar-refractivity contribution in [3.8, 4) is 17.6 Å². The van der Waals surface area contributed by atoms with Crippen molar-refractivity contribution in [2.45, 2.75) is 32.2 Å². The fraction of sp³-hybridized carbons (Fsp3) is 0.429. The molecule has 0 saturated heterocycles. The molecule has 1 aliphatic rings. The molecule has 0 fully saturated rings. The summed E-state index contributed by atoms with van der Waals surface area (Å²) in [5, 5.41) is 0. The Kier molecular flexibility index (Phi) is 2.65. The van der Waals surface area contributed by atoms with E-state index in [0.29, 0.717) is 0 Å². The largest absolute Gasteiger partial charge is 0.492 e. The third kappa shape index (κ3) is 2.05. The Morgan fingerprint density at radius 3 is 2.88 bits per heavy atom. The summed E-state index contributed by atoms with van der Waals surface area (Å²) in [6.07, 6.45) is 0. The molecule has 16 heavy (non-hydrogen) atoms. The van der Waals surface area contributed by atoms with E-state index in [1.165, 1.54) is 5.56 Å². The molecule has 0 saturated carbocycles. The van der Waals surface area contributed by atoms with Gasteiger partial charge in [0, 0.05) is 16.5 Å². The average molecular weight is 215 g/mol. The van der Waals surface area contributed by atoms with Crippen LogP contribution >= 0.6 is 0 Å². The van der Waals surface area contributed by atoms with E-state index in [1.54, 1.807) is 0 Å². The molecule has 0 bridgehead atoms. The minimum absolute atomic E-state index is 0.0847. The van der Waals surface area contributed by atoms with Crippen LogP contribution in [0.25, 0.3) is 0 Å². The molecule has 2 nitrogen and oxygen atoms in total. The molecule has 84 valence electrons. The fourth-order valence-electron chi connectivity index (χ4n) is 1.80. The van der Waals surface area contributed by atoms with Gasteiger partial charge in [0.2, 0.25) is 0 Å². The third-order valence-electron chi connectivity index (χ3n) is 2.74. The predicted molar refractivity (Wildman–Crippen MR) is 65.5 cm³/mol. The first-order valence-electron chi connectivity index (χ1n) is 5.53. The van der Waals surface area contributed by atoms with Crippen molar-refractivity contribution < 1.29 is 4.74 Å². The summed E-state index contributed by atoms with van der Waals surface area (Å²) in [7, 11) is 0. The minimum Gasteiger partial charge on any atom is -0.492 e. The number of rotatable bonds is 0. The van der Waals surface area contributed by atoms with Crippen molar-refractivity contribution in [3.05, 3.63) is 29.3 Å². The van der Waals surface area contributed by atoms with Gasteiger partial charge in [0.25, 0.3) is 0 Å². The van der Waals surface area contributed by atoms with Crippen LogP contribution in [0.5, 0.6) is 5.75 Å². The number of ether oxygens (including phenoxy) is 1. The highest BCUT2D eigenvalue weighted by molar-refractivity contribution is 5.49. The summed E-state index contributed by atoms with van der Waals surface area (Å²) < 4.78 is 5.62. The van der Waals surface area contributed by atoms with Gasteiger partial charge in [-0.05, 0) is 25.1 Å². The van der Waals surface area contributed by atoms with E-state index < -0.39 is 0 Å². The zero-order chi connectivity index (χ0) is 11.8. The number of benzene rings is 1. The van der Waals surface area contributed by atoms with Gasteiger partial charge in [-0.25, -0.2) is 0 Å². The molecule has 1 heterocycles. The molecule has 0 amide bonds. The number of hydrogen-bond donors (Lipinski definition) is 1. The maximum atomic E-state index is 5.62. The Bertz CT molecular complexity index is 463. The summed E-state index contributed by atoms with van der Waals surface area (Å²) in [5.41, 5.74) is 7.94. The number of fused-ring (bicyclic) bond motifs is 1. The van der Waals surface area contributed by atoms with Gasteiger partial charge >= 0.3 is 0 Å². The van der Waals surface area contributed by atoms with Crippen molar-refractivity contribution in [3.63, 3.8) is 0 Å². The predicted octanol–water partition coefficient (Wildman–Crippen LogP) is 2.06. The maximum absolute atomic E-state index is 5.62. The lowest BCUT2D eigenvalue weighted by molar-refractivity contribution is 0.291. The molecule has 2 rings (SSSR count). The second kappa shape index (κ2) is 3.84. The highest BCUT2D eigenvalue weighted by Crippen LogP contribution is 2.38. The van der Waals surface area contributed by atoms with Crippen LogP contribution in [0, 0.1) is 11.8 Å². The molecule has 1 aromatic carbocycles. The lowest BCUT2D eigenvalue weighted by Crippen LogP contribution is -2.18. The van der Waals surface area contributed by atoms with Crippen LogP contribution in [0.2, 0.25) is 0 Å².